The van der Waals surface area contributed by atoms with E-state index in [1.165, 1.54) is 12.1 Å². The van der Waals surface area contributed by atoms with Crippen LogP contribution in [0.3, 0.4) is 0 Å². The van der Waals surface area contributed by atoms with Crippen LogP contribution in [0.2, 0.25) is 0 Å². The second-order valence-corrected chi connectivity index (χ2v) is 6.94. The minimum Gasteiger partial charge on any atom is -0.467 e. The summed E-state index contributed by atoms with van der Waals surface area (Å²) < 4.78 is 9.98. The van der Waals surface area contributed by atoms with Gasteiger partial charge in [0.15, 0.2) is 0 Å². The molecule has 1 aliphatic carbocycles. The number of carbonyl (C=O) groups is 3. The standard InChI is InChI=1S/C20H25N3O5/c1-3-28-18(25)15-13-16(23(22-15)14-9-5-4-6-10-14)17(24)21-20(19(26)27-2)11-7-8-12-20/h4-6,9-10,16H,3,7-8,11-13H2,1-2H3,(H,21,24). The molecule has 1 aromatic rings. The third-order valence-electron chi connectivity index (χ3n) is 5.14. The lowest BCUT2D eigenvalue weighted by Crippen LogP contribution is -2.57. The van der Waals surface area contributed by atoms with Gasteiger partial charge in [0, 0.05) is 6.42 Å². The van der Waals surface area contributed by atoms with Crippen LogP contribution in [0.1, 0.15) is 39.0 Å². The van der Waals surface area contributed by atoms with Crippen LogP contribution in [0.25, 0.3) is 0 Å². The summed E-state index contributed by atoms with van der Waals surface area (Å²) in [5, 5.41) is 8.75. The zero-order chi connectivity index (χ0) is 20.1. The summed E-state index contributed by atoms with van der Waals surface area (Å²) in [6, 6.07) is 8.39. The fourth-order valence-electron chi connectivity index (χ4n) is 3.74. The molecule has 1 N–H and O–H groups in total. The molecule has 2 aliphatic rings. The maximum absolute atomic E-state index is 13.2. The molecule has 0 spiro atoms. The average Bonchev–Trinajstić information content (AvgIpc) is 3.36. The molecule has 1 saturated carbocycles. The van der Waals surface area contributed by atoms with Gasteiger partial charge in [-0.3, -0.25) is 9.80 Å². The highest BCUT2D eigenvalue weighted by Gasteiger charge is 2.46. The smallest absolute Gasteiger partial charge is 0.354 e. The van der Waals surface area contributed by atoms with Crippen LogP contribution in [0.15, 0.2) is 35.4 Å². The molecule has 150 valence electrons. The lowest BCUT2D eigenvalue weighted by Gasteiger charge is -2.30. The molecule has 1 aliphatic heterocycles. The van der Waals surface area contributed by atoms with Crippen molar-refractivity contribution in [3.05, 3.63) is 30.3 Å². The number of carbonyl (C=O) groups excluding carboxylic acids is 3. The van der Waals surface area contributed by atoms with Crippen molar-refractivity contribution in [1.29, 1.82) is 0 Å². The first-order valence-electron chi connectivity index (χ1n) is 9.50. The number of para-hydroxylation sites is 1. The molecule has 1 unspecified atom stereocenters. The molecule has 28 heavy (non-hydrogen) atoms. The maximum Gasteiger partial charge on any atom is 0.354 e. The van der Waals surface area contributed by atoms with Crippen LogP contribution < -0.4 is 10.3 Å². The molecule has 8 nitrogen and oxygen atoms in total. The van der Waals surface area contributed by atoms with Gasteiger partial charge in [-0.15, -0.1) is 0 Å². The molecule has 1 aromatic carbocycles. The van der Waals surface area contributed by atoms with E-state index in [2.05, 4.69) is 10.4 Å². The van der Waals surface area contributed by atoms with Gasteiger partial charge in [-0.05, 0) is 31.9 Å². The summed E-state index contributed by atoms with van der Waals surface area (Å²) >= 11 is 0. The fourth-order valence-corrected chi connectivity index (χ4v) is 3.74. The van der Waals surface area contributed by atoms with Gasteiger partial charge in [-0.25, -0.2) is 9.59 Å². The minimum atomic E-state index is -1.01. The third-order valence-corrected chi connectivity index (χ3v) is 5.14. The molecule has 3 rings (SSSR count). The first kappa shape index (κ1) is 19.9. The Balaban J connectivity index is 1.85. The van der Waals surface area contributed by atoms with E-state index in [1.807, 2.05) is 30.3 Å². The van der Waals surface area contributed by atoms with Crippen molar-refractivity contribution in [2.75, 3.05) is 18.7 Å². The Morgan fingerprint density at radius 1 is 1.21 bits per heavy atom. The summed E-state index contributed by atoms with van der Waals surface area (Å²) in [5.74, 6) is -1.34. The van der Waals surface area contributed by atoms with Crippen LogP contribution >= 0.6 is 0 Å². The minimum absolute atomic E-state index is 0.108. The Bertz CT molecular complexity index is 771. The number of nitrogens with zero attached hydrogens (tertiary/aromatic N) is 2. The van der Waals surface area contributed by atoms with Gasteiger partial charge in [0.25, 0.3) is 0 Å². The quantitative estimate of drug-likeness (QED) is 0.748. The van der Waals surface area contributed by atoms with Crippen molar-refractivity contribution in [2.24, 2.45) is 5.10 Å². The fraction of sp³-hybridized carbons (Fsp3) is 0.500. The topological polar surface area (TPSA) is 97.3 Å². The van der Waals surface area contributed by atoms with Crippen molar-refractivity contribution >= 4 is 29.2 Å². The monoisotopic (exact) mass is 387 g/mol. The number of benzene rings is 1. The Morgan fingerprint density at radius 3 is 2.50 bits per heavy atom. The summed E-state index contributed by atoms with van der Waals surface area (Å²) in [6.07, 6.45) is 2.86. The number of esters is 2. The molecule has 1 amide bonds. The lowest BCUT2D eigenvalue weighted by molar-refractivity contribution is -0.151. The second kappa shape index (κ2) is 8.41. The summed E-state index contributed by atoms with van der Waals surface area (Å²) in [7, 11) is 1.32. The van der Waals surface area contributed by atoms with Crippen molar-refractivity contribution < 1.29 is 23.9 Å². The predicted molar refractivity (Wildman–Crippen MR) is 103 cm³/mol. The first-order valence-corrected chi connectivity index (χ1v) is 9.50. The first-order chi connectivity index (χ1) is 13.5. The van der Waals surface area contributed by atoms with Crippen molar-refractivity contribution in [2.45, 2.75) is 50.6 Å². The predicted octanol–water partition coefficient (Wildman–Crippen LogP) is 1.79. The molecule has 0 aromatic heterocycles. The second-order valence-electron chi connectivity index (χ2n) is 6.94. The van der Waals surface area contributed by atoms with Gasteiger partial charge in [0.1, 0.15) is 17.3 Å². The van der Waals surface area contributed by atoms with Gasteiger partial charge < -0.3 is 14.8 Å². The Morgan fingerprint density at radius 2 is 1.89 bits per heavy atom. The molecule has 1 fully saturated rings. The summed E-state index contributed by atoms with van der Waals surface area (Å²) in [6.45, 7) is 1.94. The Labute approximate surface area is 163 Å². The van der Waals surface area contributed by atoms with Crippen LogP contribution in [0.5, 0.6) is 0 Å². The Kier molecular flexibility index (Phi) is 5.96. The van der Waals surface area contributed by atoms with E-state index in [4.69, 9.17) is 9.47 Å². The van der Waals surface area contributed by atoms with E-state index in [0.717, 1.165) is 12.8 Å². The largest absolute Gasteiger partial charge is 0.467 e. The number of methoxy groups -OCH3 is 1. The number of hydrogen-bond donors (Lipinski definition) is 1. The van der Waals surface area contributed by atoms with E-state index in [-0.39, 0.29) is 24.6 Å². The van der Waals surface area contributed by atoms with Gasteiger partial charge in [-0.1, -0.05) is 31.0 Å². The van der Waals surface area contributed by atoms with Crippen molar-refractivity contribution in [1.82, 2.24) is 5.32 Å². The average molecular weight is 387 g/mol. The Hall–Kier alpha value is -2.90. The van der Waals surface area contributed by atoms with E-state index in [0.29, 0.717) is 18.5 Å². The van der Waals surface area contributed by atoms with Crippen LogP contribution in [-0.2, 0) is 23.9 Å². The normalized spacial score (nSPS) is 20.4. The lowest BCUT2D eigenvalue weighted by atomic mass is 9.96. The van der Waals surface area contributed by atoms with E-state index in [9.17, 15) is 14.4 Å². The molecule has 1 atom stereocenters. The number of hydrazone groups is 1. The SMILES string of the molecule is CCOC(=O)C1=NN(c2ccccc2)C(C(=O)NC2(C(=O)OC)CCCC2)C1. The van der Waals surface area contributed by atoms with Crippen molar-refractivity contribution in [3.63, 3.8) is 0 Å². The highest BCUT2D eigenvalue weighted by Crippen LogP contribution is 2.32. The summed E-state index contributed by atoms with van der Waals surface area (Å²) in [5.41, 5.74) is -0.147. The molecular weight excluding hydrogens is 362 g/mol. The third kappa shape index (κ3) is 3.85. The molecule has 8 heteroatoms. The van der Waals surface area contributed by atoms with Gasteiger partial charge in [0.05, 0.1) is 19.4 Å². The van der Waals surface area contributed by atoms with Crippen LogP contribution in [0.4, 0.5) is 5.69 Å². The van der Waals surface area contributed by atoms with E-state index < -0.39 is 23.5 Å². The number of hydrogen-bond acceptors (Lipinski definition) is 7. The number of anilines is 1. The highest BCUT2D eigenvalue weighted by molar-refractivity contribution is 6.38. The van der Waals surface area contributed by atoms with Crippen LogP contribution in [0, 0.1) is 0 Å². The summed E-state index contributed by atoms with van der Waals surface area (Å²) in [4.78, 5) is 37.7. The van der Waals surface area contributed by atoms with Crippen molar-refractivity contribution in [3.8, 4) is 0 Å². The number of nitrogens with one attached hydrogen (secondary N) is 1. The van der Waals surface area contributed by atoms with Crippen LogP contribution in [-0.4, -0.2) is 48.9 Å². The zero-order valence-electron chi connectivity index (χ0n) is 16.1. The van der Waals surface area contributed by atoms with Gasteiger partial charge in [-0.2, -0.15) is 5.10 Å². The molecule has 1 heterocycles. The molecule has 0 bridgehead atoms. The van der Waals surface area contributed by atoms with Gasteiger partial charge in [0.2, 0.25) is 5.91 Å². The number of amides is 1. The highest BCUT2D eigenvalue weighted by atomic mass is 16.5. The van der Waals surface area contributed by atoms with E-state index in [1.54, 1.807) is 6.92 Å². The molecular formula is C20H25N3O5. The van der Waals surface area contributed by atoms with Gasteiger partial charge >= 0.3 is 11.9 Å². The molecule has 0 radical (unpaired) electrons. The van der Waals surface area contributed by atoms with E-state index >= 15 is 0 Å². The molecule has 0 saturated heterocycles. The number of rotatable bonds is 6. The maximum atomic E-state index is 13.2. The number of ether oxygens (including phenoxy) is 2. The zero-order valence-corrected chi connectivity index (χ0v) is 16.1.